The average molecular weight is 215 g/mol. The lowest BCUT2D eigenvalue weighted by molar-refractivity contribution is 0.580. The highest BCUT2D eigenvalue weighted by molar-refractivity contribution is 5.33. The molecule has 2 rings (SSSR count). The third-order valence-electron chi connectivity index (χ3n) is 2.43. The lowest BCUT2D eigenvalue weighted by Crippen LogP contribution is -2.05. The number of rotatable bonds is 2. The molecule has 0 N–H and O–H groups in total. The monoisotopic (exact) mass is 215 g/mol. The first-order chi connectivity index (χ1) is 7.70. The van der Waals surface area contributed by atoms with Crippen LogP contribution in [0.4, 0.5) is 4.39 Å². The third kappa shape index (κ3) is 1.94. The van der Waals surface area contributed by atoms with E-state index >= 15 is 0 Å². The molecule has 0 spiro atoms. The third-order valence-corrected chi connectivity index (χ3v) is 2.43. The van der Waals surface area contributed by atoms with Crippen molar-refractivity contribution in [3.63, 3.8) is 0 Å². The van der Waals surface area contributed by atoms with Gasteiger partial charge in [-0.05, 0) is 25.1 Å². The van der Waals surface area contributed by atoms with Gasteiger partial charge in [-0.25, -0.2) is 4.39 Å². The minimum atomic E-state index is -0.367. The first kappa shape index (κ1) is 10.4. The van der Waals surface area contributed by atoms with Gasteiger partial charge < -0.3 is 0 Å². The van der Waals surface area contributed by atoms with Crippen LogP contribution in [0.2, 0.25) is 0 Å². The Morgan fingerprint density at radius 3 is 2.81 bits per heavy atom. The van der Waals surface area contributed by atoms with Crippen LogP contribution in [-0.2, 0) is 6.54 Å². The topological polar surface area (TPSA) is 41.6 Å². The van der Waals surface area contributed by atoms with Crippen molar-refractivity contribution in [2.45, 2.75) is 13.5 Å². The maximum Gasteiger partial charge on any atom is 0.129 e. The fourth-order valence-corrected chi connectivity index (χ4v) is 1.47. The van der Waals surface area contributed by atoms with Crippen molar-refractivity contribution in [2.24, 2.45) is 0 Å². The molecule has 0 atom stereocenters. The van der Waals surface area contributed by atoms with E-state index < -0.39 is 0 Å². The summed E-state index contributed by atoms with van der Waals surface area (Å²) in [6.45, 7) is 2.30. The molecule has 16 heavy (non-hydrogen) atoms. The molecule has 80 valence electrons. The van der Waals surface area contributed by atoms with Crippen molar-refractivity contribution in [2.75, 3.05) is 0 Å². The first-order valence-electron chi connectivity index (χ1n) is 4.87. The smallest absolute Gasteiger partial charge is 0.129 e. The molecule has 0 aliphatic rings. The molecule has 2 aromatic rings. The molecule has 1 aromatic carbocycles. The lowest BCUT2D eigenvalue weighted by atomic mass is 10.1. The van der Waals surface area contributed by atoms with Crippen molar-refractivity contribution >= 4 is 0 Å². The molecule has 0 aliphatic heterocycles. The highest BCUT2D eigenvalue weighted by Crippen LogP contribution is 2.12. The van der Waals surface area contributed by atoms with Crippen LogP contribution in [0.1, 0.15) is 16.8 Å². The second kappa shape index (κ2) is 4.15. The van der Waals surface area contributed by atoms with E-state index in [9.17, 15) is 4.39 Å². The van der Waals surface area contributed by atoms with Gasteiger partial charge in [0.05, 0.1) is 18.2 Å². The highest BCUT2D eigenvalue weighted by atomic mass is 19.1. The van der Waals surface area contributed by atoms with Crippen LogP contribution in [0.25, 0.3) is 0 Å². The number of halogens is 1. The molecule has 0 aliphatic carbocycles. The molecule has 0 saturated carbocycles. The van der Waals surface area contributed by atoms with Gasteiger partial charge in [0.1, 0.15) is 5.82 Å². The number of hydrogen-bond donors (Lipinski definition) is 0. The maximum atomic E-state index is 13.6. The summed E-state index contributed by atoms with van der Waals surface area (Å²) in [5.41, 5.74) is 1.84. The number of aromatic nitrogens is 2. The van der Waals surface area contributed by atoms with Gasteiger partial charge in [0.25, 0.3) is 0 Å². The Hall–Kier alpha value is -2.15. The van der Waals surface area contributed by atoms with Crippen LogP contribution in [0.3, 0.4) is 0 Å². The predicted molar refractivity (Wildman–Crippen MR) is 57.2 cm³/mol. The minimum absolute atomic E-state index is 0.332. The van der Waals surface area contributed by atoms with E-state index in [2.05, 4.69) is 5.10 Å². The van der Waals surface area contributed by atoms with Crippen LogP contribution < -0.4 is 0 Å². The van der Waals surface area contributed by atoms with Crippen LogP contribution in [0, 0.1) is 24.1 Å². The largest absolute Gasteiger partial charge is 0.265 e. The lowest BCUT2D eigenvalue weighted by Gasteiger charge is -2.05. The van der Waals surface area contributed by atoms with E-state index in [0.29, 0.717) is 17.7 Å². The van der Waals surface area contributed by atoms with Crippen LogP contribution >= 0.6 is 0 Å². The Kier molecular flexibility index (Phi) is 2.69. The number of benzene rings is 1. The van der Waals surface area contributed by atoms with Gasteiger partial charge in [0.2, 0.25) is 0 Å². The number of hydrogen-bond acceptors (Lipinski definition) is 2. The zero-order valence-electron chi connectivity index (χ0n) is 8.81. The van der Waals surface area contributed by atoms with Gasteiger partial charge >= 0.3 is 0 Å². The molecule has 0 amide bonds. The van der Waals surface area contributed by atoms with Crippen LogP contribution in [-0.4, -0.2) is 9.78 Å². The van der Waals surface area contributed by atoms with Crippen molar-refractivity contribution in [1.82, 2.24) is 9.78 Å². The molecular formula is C12H10FN3. The van der Waals surface area contributed by atoms with E-state index in [0.717, 1.165) is 5.69 Å². The van der Waals surface area contributed by atoms with Crippen molar-refractivity contribution in [1.29, 1.82) is 5.26 Å². The molecule has 4 heteroatoms. The van der Waals surface area contributed by atoms with E-state index in [1.807, 2.05) is 19.1 Å². The molecule has 1 heterocycles. The van der Waals surface area contributed by atoms with Gasteiger partial charge in [-0.2, -0.15) is 10.4 Å². The van der Waals surface area contributed by atoms with E-state index in [4.69, 9.17) is 5.26 Å². The van der Waals surface area contributed by atoms with Crippen molar-refractivity contribution < 1.29 is 4.39 Å². The molecular weight excluding hydrogens is 205 g/mol. The van der Waals surface area contributed by atoms with E-state index in [1.54, 1.807) is 23.0 Å². The summed E-state index contributed by atoms with van der Waals surface area (Å²) in [6, 6.07) is 8.24. The second-order valence-electron chi connectivity index (χ2n) is 3.55. The molecule has 0 fully saturated rings. The fraction of sp³-hybridized carbons (Fsp3) is 0.167. The number of nitrogens with zero attached hydrogens (tertiary/aromatic N) is 3. The van der Waals surface area contributed by atoms with Gasteiger partial charge in [-0.15, -0.1) is 0 Å². The Morgan fingerprint density at radius 2 is 2.25 bits per heavy atom. The van der Waals surface area contributed by atoms with E-state index in [1.165, 1.54) is 6.07 Å². The summed E-state index contributed by atoms with van der Waals surface area (Å²) in [7, 11) is 0. The van der Waals surface area contributed by atoms with Gasteiger partial charge in [-0.3, -0.25) is 4.68 Å². The number of nitriles is 1. The highest BCUT2D eigenvalue weighted by Gasteiger charge is 2.05. The predicted octanol–water partition coefficient (Wildman–Crippen LogP) is 2.25. The number of aryl methyl sites for hydroxylation is 1. The van der Waals surface area contributed by atoms with Gasteiger partial charge in [-0.1, -0.05) is 6.07 Å². The Bertz CT molecular complexity index is 552. The second-order valence-corrected chi connectivity index (χ2v) is 3.55. The average Bonchev–Trinajstić information content (AvgIpc) is 2.67. The molecule has 1 aromatic heterocycles. The Morgan fingerprint density at radius 1 is 1.44 bits per heavy atom. The first-order valence-corrected chi connectivity index (χ1v) is 4.87. The zero-order valence-corrected chi connectivity index (χ0v) is 8.81. The zero-order chi connectivity index (χ0) is 11.5. The Labute approximate surface area is 92.7 Å². The quantitative estimate of drug-likeness (QED) is 0.771. The van der Waals surface area contributed by atoms with Gasteiger partial charge in [0, 0.05) is 17.5 Å². The summed E-state index contributed by atoms with van der Waals surface area (Å²) < 4.78 is 15.3. The summed E-state index contributed by atoms with van der Waals surface area (Å²) >= 11 is 0. The molecule has 0 bridgehead atoms. The fourth-order valence-electron chi connectivity index (χ4n) is 1.47. The van der Waals surface area contributed by atoms with Crippen LogP contribution in [0.5, 0.6) is 0 Å². The van der Waals surface area contributed by atoms with E-state index in [-0.39, 0.29) is 5.82 Å². The maximum absolute atomic E-state index is 13.6. The van der Waals surface area contributed by atoms with Crippen molar-refractivity contribution in [3.05, 3.63) is 53.1 Å². The van der Waals surface area contributed by atoms with Crippen LogP contribution in [0.15, 0.2) is 30.5 Å². The Balaban J connectivity index is 2.30. The normalized spacial score (nSPS) is 10.1. The summed E-state index contributed by atoms with van der Waals surface area (Å²) in [5, 5.41) is 12.7. The minimum Gasteiger partial charge on any atom is -0.265 e. The molecule has 3 nitrogen and oxygen atoms in total. The summed E-state index contributed by atoms with van der Waals surface area (Å²) in [6.07, 6.45) is 1.68. The summed E-state index contributed by atoms with van der Waals surface area (Å²) in [4.78, 5) is 0. The molecule has 0 unspecified atom stereocenters. The molecule has 0 radical (unpaired) electrons. The SMILES string of the molecule is Cc1ccnn1Cc1ccc(C#N)cc1F. The standard InChI is InChI=1S/C12H10FN3/c1-9-4-5-15-16(9)8-11-3-2-10(7-14)6-12(11)13/h2-6H,8H2,1H3. The summed E-state index contributed by atoms with van der Waals surface area (Å²) in [5.74, 6) is -0.367. The van der Waals surface area contributed by atoms with Crippen molar-refractivity contribution in [3.8, 4) is 6.07 Å². The molecule has 0 saturated heterocycles. The van der Waals surface area contributed by atoms with Gasteiger partial charge in [0.15, 0.2) is 0 Å².